The molecule has 0 fully saturated rings. The van der Waals surface area contributed by atoms with Gasteiger partial charge < -0.3 is 10.2 Å². The average molecular weight is 276 g/mol. The van der Waals surface area contributed by atoms with E-state index in [2.05, 4.69) is 19.1 Å². The predicted octanol–water partition coefficient (Wildman–Crippen LogP) is 4.11. The van der Waals surface area contributed by atoms with Crippen LogP contribution in [0.1, 0.15) is 36.2 Å². The monoisotopic (exact) mass is 276 g/mol. The fourth-order valence-corrected chi connectivity index (χ4v) is 3.13. The van der Waals surface area contributed by atoms with Gasteiger partial charge in [-0.2, -0.15) is 0 Å². The highest BCUT2D eigenvalue weighted by atomic mass is 32.2. The van der Waals surface area contributed by atoms with Gasteiger partial charge in [-0.05, 0) is 47.9 Å². The van der Waals surface area contributed by atoms with Gasteiger partial charge in [0.25, 0.3) is 0 Å². The Hall–Kier alpha value is -1.68. The molecule has 1 heterocycles. The molecule has 0 saturated carbocycles. The van der Waals surface area contributed by atoms with E-state index >= 15 is 0 Å². The van der Waals surface area contributed by atoms with Crippen molar-refractivity contribution in [2.24, 2.45) is 5.92 Å². The van der Waals surface area contributed by atoms with Gasteiger partial charge in [0.15, 0.2) is 0 Å². The van der Waals surface area contributed by atoms with Gasteiger partial charge in [0.2, 0.25) is 0 Å². The first kappa shape index (κ1) is 13.7. The standard InChI is InChI=1S/C15H16O3S/c1-9-3-4-14(19-10(2)5-9)11-6-12(15(17)18)8-13(16)7-11/h4-9,16H,3H2,1-2H3,(H,17,18). The minimum Gasteiger partial charge on any atom is -0.508 e. The smallest absolute Gasteiger partial charge is 0.335 e. The quantitative estimate of drug-likeness (QED) is 0.853. The second-order valence-corrected chi connectivity index (χ2v) is 6.02. The van der Waals surface area contributed by atoms with Crippen LogP contribution >= 0.6 is 11.8 Å². The molecular weight excluding hydrogens is 260 g/mol. The van der Waals surface area contributed by atoms with Crippen molar-refractivity contribution in [2.45, 2.75) is 20.3 Å². The van der Waals surface area contributed by atoms with Gasteiger partial charge in [0.1, 0.15) is 5.75 Å². The number of rotatable bonds is 2. The zero-order valence-electron chi connectivity index (χ0n) is 10.9. The summed E-state index contributed by atoms with van der Waals surface area (Å²) in [4.78, 5) is 13.2. The van der Waals surface area contributed by atoms with E-state index in [1.807, 2.05) is 6.92 Å². The van der Waals surface area contributed by atoms with Crippen molar-refractivity contribution in [3.63, 3.8) is 0 Å². The lowest BCUT2D eigenvalue weighted by Crippen LogP contribution is -1.97. The van der Waals surface area contributed by atoms with E-state index in [1.165, 1.54) is 11.0 Å². The Morgan fingerprint density at radius 2 is 2.11 bits per heavy atom. The van der Waals surface area contributed by atoms with Gasteiger partial charge in [0.05, 0.1) is 5.56 Å². The van der Waals surface area contributed by atoms with Crippen LogP contribution in [0.5, 0.6) is 5.75 Å². The summed E-state index contributed by atoms with van der Waals surface area (Å²) in [5, 5.41) is 18.7. The number of carboxylic acids is 1. The second kappa shape index (κ2) is 5.53. The van der Waals surface area contributed by atoms with E-state index in [0.29, 0.717) is 5.92 Å². The highest BCUT2D eigenvalue weighted by Gasteiger charge is 2.13. The van der Waals surface area contributed by atoms with Crippen LogP contribution in [-0.4, -0.2) is 16.2 Å². The summed E-state index contributed by atoms with van der Waals surface area (Å²) in [6.45, 7) is 4.19. The van der Waals surface area contributed by atoms with Crippen LogP contribution in [0.4, 0.5) is 0 Å². The molecule has 1 aliphatic heterocycles. The Kier molecular flexibility index (Phi) is 4.00. The van der Waals surface area contributed by atoms with Crippen LogP contribution in [0.2, 0.25) is 0 Å². The fourth-order valence-electron chi connectivity index (χ4n) is 2.06. The maximum Gasteiger partial charge on any atom is 0.335 e. The van der Waals surface area contributed by atoms with Gasteiger partial charge in [0, 0.05) is 4.91 Å². The molecule has 1 aromatic rings. The van der Waals surface area contributed by atoms with Gasteiger partial charge in [-0.1, -0.05) is 30.8 Å². The topological polar surface area (TPSA) is 57.5 Å². The van der Waals surface area contributed by atoms with E-state index in [1.54, 1.807) is 23.9 Å². The Bertz CT molecular complexity index is 573. The summed E-state index contributed by atoms with van der Waals surface area (Å²) in [7, 11) is 0. The molecule has 1 aliphatic rings. The summed E-state index contributed by atoms with van der Waals surface area (Å²) in [5.74, 6) is -0.575. The summed E-state index contributed by atoms with van der Waals surface area (Å²) < 4.78 is 0. The second-order valence-electron chi connectivity index (χ2n) is 4.73. The van der Waals surface area contributed by atoms with Crippen LogP contribution in [0.15, 0.2) is 35.3 Å². The summed E-state index contributed by atoms with van der Waals surface area (Å²) >= 11 is 1.61. The van der Waals surface area contributed by atoms with Gasteiger partial charge in [-0.15, -0.1) is 0 Å². The molecule has 0 bridgehead atoms. The number of benzene rings is 1. The third-order valence-corrected chi connectivity index (χ3v) is 3.99. The van der Waals surface area contributed by atoms with E-state index < -0.39 is 5.97 Å². The number of aromatic hydroxyl groups is 1. The SMILES string of the molecule is CC1=CC(C)CC=C(c2cc(O)cc(C(=O)O)c2)S1. The molecule has 100 valence electrons. The van der Waals surface area contributed by atoms with Crippen LogP contribution in [0, 0.1) is 5.92 Å². The van der Waals surface area contributed by atoms with Crippen molar-refractivity contribution in [1.29, 1.82) is 0 Å². The summed E-state index contributed by atoms with van der Waals surface area (Å²) in [6.07, 6.45) is 5.22. The van der Waals surface area contributed by atoms with Gasteiger partial charge >= 0.3 is 5.97 Å². The van der Waals surface area contributed by atoms with Crippen molar-refractivity contribution >= 4 is 22.6 Å². The minimum atomic E-state index is -1.03. The molecule has 0 radical (unpaired) electrons. The molecule has 3 nitrogen and oxygen atoms in total. The number of carboxylic acid groups (broad SMARTS) is 1. The number of aromatic carboxylic acids is 1. The third-order valence-electron chi connectivity index (χ3n) is 2.91. The van der Waals surface area contributed by atoms with Crippen LogP contribution < -0.4 is 0 Å². The first-order valence-corrected chi connectivity index (χ1v) is 6.91. The first-order chi connectivity index (χ1) is 8.95. The summed E-state index contributed by atoms with van der Waals surface area (Å²) in [6, 6.07) is 4.47. The highest BCUT2D eigenvalue weighted by Crippen LogP contribution is 2.38. The number of phenolic OH excluding ortho intramolecular Hbond substituents is 1. The molecule has 0 amide bonds. The normalized spacial score (nSPS) is 19.4. The highest BCUT2D eigenvalue weighted by molar-refractivity contribution is 8.11. The molecule has 0 saturated heterocycles. The molecule has 1 atom stereocenters. The number of hydrogen-bond acceptors (Lipinski definition) is 3. The van der Waals surface area contributed by atoms with Crippen molar-refractivity contribution < 1.29 is 15.0 Å². The lowest BCUT2D eigenvalue weighted by molar-refractivity contribution is 0.0696. The molecular formula is C15H16O3S. The van der Waals surface area contributed by atoms with Crippen LogP contribution in [0.25, 0.3) is 4.91 Å². The number of allylic oxidation sites excluding steroid dienone is 3. The van der Waals surface area contributed by atoms with Crippen molar-refractivity contribution in [3.05, 3.63) is 46.4 Å². The largest absolute Gasteiger partial charge is 0.508 e. The van der Waals surface area contributed by atoms with Gasteiger partial charge in [-0.25, -0.2) is 4.79 Å². The third kappa shape index (κ3) is 3.41. The van der Waals surface area contributed by atoms with E-state index in [4.69, 9.17) is 5.11 Å². The number of carbonyl (C=O) groups is 1. The lowest BCUT2D eigenvalue weighted by Gasteiger charge is -2.08. The molecule has 19 heavy (non-hydrogen) atoms. The number of hydrogen-bond donors (Lipinski definition) is 2. The summed E-state index contributed by atoms with van der Waals surface area (Å²) in [5.41, 5.74) is 0.861. The molecule has 2 rings (SSSR count). The average Bonchev–Trinajstić information content (AvgIpc) is 2.49. The van der Waals surface area contributed by atoms with Crippen LogP contribution in [-0.2, 0) is 0 Å². The number of thioether (sulfide) groups is 1. The maximum atomic E-state index is 11.0. The lowest BCUT2D eigenvalue weighted by atomic mass is 10.1. The molecule has 1 unspecified atom stereocenters. The fraction of sp³-hybridized carbons (Fsp3) is 0.267. The molecule has 4 heteroatoms. The first-order valence-electron chi connectivity index (χ1n) is 6.10. The Balaban J connectivity index is 2.41. The zero-order chi connectivity index (χ0) is 14.0. The van der Waals surface area contributed by atoms with E-state index in [0.717, 1.165) is 16.9 Å². The van der Waals surface area contributed by atoms with E-state index in [9.17, 15) is 9.90 Å². The van der Waals surface area contributed by atoms with E-state index in [-0.39, 0.29) is 11.3 Å². The molecule has 2 N–H and O–H groups in total. The van der Waals surface area contributed by atoms with Crippen molar-refractivity contribution in [1.82, 2.24) is 0 Å². The minimum absolute atomic E-state index is 0.0182. The Morgan fingerprint density at radius 1 is 1.37 bits per heavy atom. The molecule has 0 aromatic heterocycles. The maximum absolute atomic E-state index is 11.0. The van der Waals surface area contributed by atoms with Gasteiger partial charge in [-0.3, -0.25) is 0 Å². The zero-order valence-corrected chi connectivity index (χ0v) is 11.7. The molecule has 1 aromatic carbocycles. The molecule has 0 aliphatic carbocycles. The molecule has 0 spiro atoms. The van der Waals surface area contributed by atoms with Crippen molar-refractivity contribution in [3.8, 4) is 5.75 Å². The van der Waals surface area contributed by atoms with Crippen LogP contribution in [0.3, 0.4) is 0 Å². The Morgan fingerprint density at radius 3 is 2.79 bits per heavy atom. The number of phenols is 1. The van der Waals surface area contributed by atoms with Crippen molar-refractivity contribution in [2.75, 3.05) is 0 Å². The predicted molar refractivity (Wildman–Crippen MR) is 78.2 cm³/mol. The Labute approximate surface area is 116 Å².